The van der Waals surface area contributed by atoms with Gasteiger partial charge < -0.3 is 0 Å². The van der Waals surface area contributed by atoms with E-state index in [0.29, 0.717) is 23.0 Å². The van der Waals surface area contributed by atoms with Gasteiger partial charge in [0.15, 0.2) is 0 Å². The summed E-state index contributed by atoms with van der Waals surface area (Å²) in [6, 6.07) is 10.8. The van der Waals surface area contributed by atoms with Crippen LogP contribution < -0.4 is 18.9 Å². The summed E-state index contributed by atoms with van der Waals surface area (Å²) in [7, 11) is 6.10. The number of rotatable bonds is 14. The summed E-state index contributed by atoms with van der Waals surface area (Å²) < 4.78 is 30.4. The van der Waals surface area contributed by atoms with Gasteiger partial charge in [-0.25, -0.2) is 0 Å². The molecule has 2 unspecified atom stereocenters. The van der Waals surface area contributed by atoms with Crippen molar-refractivity contribution in [1.82, 2.24) is 0 Å². The second-order valence-electron chi connectivity index (χ2n) is 6.81. The zero-order valence-electron chi connectivity index (χ0n) is 19.3. The van der Waals surface area contributed by atoms with E-state index >= 15 is 0 Å². The van der Waals surface area contributed by atoms with Crippen molar-refractivity contribution in [2.45, 2.75) is 17.2 Å². The van der Waals surface area contributed by atoms with Crippen LogP contribution in [0.3, 0.4) is 0 Å². The average Bonchev–Trinajstić information content (AvgIpc) is 2.84. The van der Waals surface area contributed by atoms with Gasteiger partial charge in [-0.2, -0.15) is 0 Å². The molecule has 200 valence electrons. The second kappa shape index (κ2) is 14.3. The van der Waals surface area contributed by atoms with Crippen LogP contribution in [0.1, 0.15) is 11.1 Å². The van der Waals surface area contributed by atoms with E-state index in [4.69, 9.17) is 102 Å². The molecule has 2 aromatic carbocycles. The van der Waals surface area contributed by atoms with Gasteiger partial charge in [0.1, 0.15) is 0 Å². The third kappa shape index (κ3) is 9.08. The molecular formula is C22H28Cl2NiO6S4. The number of ether oxygens (including phenoxy) is 6. The Morgan fingerprint density at radius 1 is 0.686 bits per heavy atom. The van der Waals surface area contributed by atoms with Crippen molar-refractivity contribution < 1.29 is 42.9 Å². The number of methoxy groups -OCH3 is 4. The van der Waals surface area contributed by atoms with Crippen molar-refractivity contribution in [3.8, 4) is 23.0 Å². The van der Waals surface area contributed by atoms with Crippen molar-refractivity contribution in [3.63, 3.8) is 0 Å². The molecule has 0 aromatic heterocycles. The van der Waals surface area contributed by atoms with Gasteiger partial charge in [0, 0.05) is 0 Å². The first-order valence-corrected chi connectivity index (χ1v) is 13.6. The molecule has 0 heterocycles. The molecule has 6 nitrogen and oxygen atoms in total. The van der Waals surface area contributed by atoms with Gasteiger partial charge in [-0.3, -0.25) is 0 Å². The van der Waals surface area contributed by atoms with E-state index in [2.05, 4.69) is 0 Å². The molecular weight excluding hydrogens is 618 g/mol. The molecule has 35 heavy (non-hydrogen) atoms. The fourth-order valence-electron chi connectivity index (χ4n) is 2.64. The number of alkyl halides is 2. The van der Waals surface area contributed by atoms with Gasteiger partial charge in [0.2, 0.25) is 0 Å². The minimum absolute atomic E-state index is 0.158. The first-order valence-electron chi connectivity index (χ1n) is 9.94. The van der Waals surface area contributed by atoms with E-state index in [1.54, 1.807) is 38.5 Å². The molecule has 2 atom stereocenters. The first kappa shape index (κ1) is 31.3. The Labute approximate surface area is 244 Å². The Hall–Kier alpha value is 0.0335. The predicted molar refractivity (Wildman–Crippen MR) is 150 cm³/mol. The Morgan fingerprint density at radius 3 is 1.37 bits per heavy atom. The Balaban J connectivity index is 2.24. The SMILES string of the molecule is COc1cc([C](S)(S)[Ni][C](S)(S)c2ccc(OCC(Cl)OC)c(OC)c2)ccc1OCC(Cl)OC. The molecule has 0 amide bonds. The molecule has 0 aliphatic heterocycles. The van der Waals surface area contributed by atoms with Crippen LogP contribution in [0.2, 0.25) is 0 Å². The molecule has 2 rings (SSSR count). The van der Waals surface area contributed by atoms with Crippen molar-refractivity contribution >= 4 is 73.7 Å². The molecule has 2 aromatic rings. The maximum absolute atomic E-state index is 5.95. The van der Waals surface area contributed by atoms with Gasteiger partial charge >= 0.3 is 246 Å². The summed E-state index contributed by atoms with van der Waals surface area (Å²) in [4.78, 5) is 0. The third-order valence-electron chi connectivity index (χ3n) is 4.50. The fraction of sp³-hybridized carbons (Fsp3) is 0.455. The van der Waals surface area contributed by atoms with Crippen molar-refractivity contribution in [3.05, 3.63) is 47.5 Å². The number of hydrogen-bond donors (Lipinski definition) is 4. The molecule has 0 saturated heterocycles. The fourth-order valence-corrected chi connectivity index (χ4v) is 7.07. The van der Waals surface area contributed by atoms with E-state index in [-0.39, 0.29) is 13.2 Å². The van der Waals surface area contributed by atoms with E-state index in [1.807, 2.05) is 12.1 Å². The molecule has 0 aliphatic carbocycles. The van der Waals surface area contributed by atoms with Crippen LogP contribution in [0.5, 0.6) is 23.0 Å². The van der Waals surface area contributed by atoms with E-state index < -0.39 is 17.2 Å². The van der Waals surface area contributed by atoms with E-state index in [1.165, 1.54) is 14.2 Å². The molecule has 0 N–H and O–H groups in total. The van der Waals surface area contributed by atoms with Crippen molar-refractivity contribution in [2.24, 2.45) is 0 Å². The van der Waals surface area contributed by atoms with Crippen LogP contribution in [-0.2, 0) is 30.0 Å². The van der Waals surface area contributed by atoms with Crippen LogP contribution in [-0.4, -0.2) is 52.8 Å². The van der Waals surface area contributed by atoms with Gasteiger partial charge in [0.25, 0.3) is 0 Å². The Bertz CT molecular complexity index is 894. The summed E-state index contributed by atoms with van der Waals surface area (Å²) in [5.41, 5.74) is 0.331. The number of benzene rings is 2. The van der Waals surface area contributed by atoms with Gasteiger partial charge in [-0.05, 0) is 0 Å². The molecule has 0 aliphatic rings. The van der Waals surface area contributed by atoms with Crippen LogP contribution >= 0.6 is 73.7 Å². The van der Waals surface area contributed by atoms with Crippen molar-refractivity contribution in [2.75, 3.05) is 41.7 Å². The predicted octanol–water partition coefficient (Wildman–Crippen LogP) is 5.61. The van der Waals surface area contributed by atoms with Crippen molar-refractivity contribution in [1.29, 1.82) is 0 Å². The molecule has 0 saturated carbocycles. The van der Waals surface area contributed by atoms with E-state index in [9.17, 15) is 0 Å². The monoisotopic (exact) mass is 644 g/mol. The van der Waals surface area contributed by atoms with Crippen LogP contribution in [0.4, 0.5) is 0 Å². The zero-order chi connectivity index (χ0) is 26.2. The number of thiol groups is 4. The summed E-state index contributed by atoms with van der Waals surface area (Å²) in [6.07, 6.45) is 0. The number of halogens is 2. The molecule has 0 fully saturated rings. The third-order valence-corrected chi connectivity index (χ3v) is 8.56. The normalized spacial score (nSPS) is 13.9. The quantitative estimate of drug-likeness (QED) is 0.0929. The van der Waals surface area contributed by atoms with E-state index in [0.717, 1.165) is 25.6 Å². The molecule has 0 bridgehead atoms. The minimum atomic E-state index is -0.990. The molecule has 0 spiro atoms. The summed E-state index contributed by atoms with van der Waals surface area (Å²) in [5.74, 6) is 2.03. The second-order valence-corrected chi connectivity index (χ2v) is 14.2. The van der Waals surface area contributed by atoms with Crippen LogP contribution in [0.25, 0.3) is 0 Å². The summed E-state index contributed by atoms with van der Waals surface area (Å²) in [6.45, 7) is 0.317. The molecule has 13 heteroatoms. The van der Waals surface area contributed by atoms with Crippen LogP contribution in [0, 0.1) is 0 Å². The summed E-state index contributed by atoms with van der Waals surface area (Å²) >= 11 is 32.1. The van der Waals surface area contributed by atoms with Gasteiger partial charge in [0.05, 0.1) is 0 Å². The zero-order valence-corrected chi connectivity index (χ0v) is 25.4. The average molecular weight is 646 g/mol. The Kier molecular flexibility index (Phi) is 12.7. The Morgan fingerprint density at radius 2 is 1.06 bits per heavy atom. The topological polar surface area (TPSA) is 55.4 Å². The molecule has 0 radical (unpaired) electrons. The standard InChI is InChI=1S/2C11H14ClO3S2.Ni/c2*1-13-9-5-7(11(16)17)3-4-8(9)15-6-10(12)14-2;/h2*3-5,10,16-17H,6H2,1-2H3;. The maximum atomic E-state index is 5.95. The van der Waals surface area contributed by atoms with Crippen LogP contribution in [0.15, 0.2) is 36.4 Å². The number of hydrogen-bond acceptors (Lipinski definition) is 10. The first-order chi connectivity index (χ1) is 16.5. The van der Waals surface area contributed by atoms with Gasteiger partial charge in [-0.15, -0.1) is 0 Å². The van der Waals surface area contributed by atoms with Gasteiger partial charge in [-0.1, -0.05) is 0 Å². The summed E-state index contributed by atoms with van der Waals surface area (Å²) in [5, 5.41) is 0.